The fraction of sp³-hybridized carbons (Fsp3) is 0.250. The van der Waals surface area contributed by atoms with Gasteiger partial charge in [-0.1, -0.05) is 25.5 Å². The molecule has 4 nitrogen and oxygen atoms in total. The Morgan fingerprint density at radius 3 is 2.80 bits per heavy atom. The van der Waals surface area contributed by atoms with Crippen molar-refractivity contribution in [3.8, 4) is 16.9 Å². The fourth-order valence-corrected chi connectivity index (χ4v) is 1.86. The molecule has 4 heteroatoms. The first-order valence-corrected chi connectivity index (χ1v) is 6.63. The van der Waals surface area contributed by atoms with Gasteiger partial charge in [-0.3, -0.25) is 4.98 Å². The maximum Gasteiger partial charge on any atom is 0.339 e. The van der Waals surface area contributed by atoms with Gasteiger partial charge in [-0.2, -0.15) is 0 Å². The number of benzene rings is 1. The summed E-state index contributed by atoms with van der Waals surface area (Å²) in [6.07, 6.45) is 5.35. The van der Waals surface area contributed by atoms with Gasteiger partial charge < -0.3 is 9.84 Å². The first kappa shape index (κ1) is 14.1. The Kier molecular flexibility index (Phi) is 4.71. The number of ether oxygens (including phenoxy) is 1. The highest BCUT2D eigenvalue weighted by atomic mass is 16.5. The largest absolute Gasteiger partial charge is 0.493 e. The number of unbranched alkanes of at least 4 members (excludes halogenated alkanes) is 1. The summed E-state index contributed by atoms with van der Waals surface area (Å²) in [6, 6.07) is 8.88. The van der Waals surface area contributed by atoms with Crippen LogP contribution < -0.4 is 4.74 Å². The zero-order valence-corrected chi connectivity index (χ0v) is 11.4. The van der Waals surface area contributed by atoms with Crippen LogP contribution in [0, 0.1) is 0 Å². The van der Waals surface area contributed by atoms with Crippen molar-refractivity contribution in [2.75, 3.05) is 6.61 Å². The molecule has 104 valence electrons. The molecule has 0 spiro atoms. The number of carboxylic acid groups (broad SMARTS) is 1. The zero-order valence-electron chi connectivity index (χ0n) is 11.4. The summed E-state index contributed by atoms with van der Waals surface area (Å²) in [7, 11) is 0. The molecule has 1 heterocycles. The van der Waals surface area contributed by atoms with Crippen molar-refractivity contribution < 1.29 is 14.6 Å². The summed E-state index contributed by atoms with van der Waals surface area (Å²) in [6.45, 7) is 2.58. The minimum absolute atomic E-state index is 0.189. The Hall–Kier alpha value is -2.36. The van der Waals surface area contributed by atoms with E-state index in [-0.39, 0.29) is 5.56 Å². The van der Waals surface area contributed by atoms with Gasteiger partial charge in [0, 0.05) is 18.0 Å². The molecule has 0 unspecified atom stereocenters. The first-order chi connectivity index (χ1) is 9.72. The van der Waals surface area contributed by atoms with Gasteiger partial charge in [0.15, 0.2) is 0 Å². The first-order valence-electron chi connectivity index (χ1n) is 6.63. The van der Waals surface area contributed by atoms with E-state index < -0.39 is 5.97 Å². The van der Waals surface area contributed by atoms with E-state index in [0.29, 0.717) is 12.4 Å². The van der Waals surface area contributed by atoms with Crippen molar-refractivity contribution >= 4 is 5.97 Å². The Balaban J connectivity index is 2.32. The van der Waals surface area contributed by atoms with E-state index >= 15 is 0 Å². The summed E-state index contributed by atoms with van der Waals surface area (Å²) in [5.41, 5.74) is 2.02. The van der Waals surface area contributed by atoms with Crippen LogP contribution in [0.3, 0.4) is 0 Å². The minimum Gasteiger partial charge on any atom is -0.493 e. The second-order valence-electron chi connectivity index (χ2n) is 4.46. The van der Waals surface area contributed by atoms with E-state index in [1.165, 1.54) is 0 Å². The zero-order chi connectivity index (χ0) is 14.4. The number of hydrogen-bond acceptors (Lipinski definition) is 3. The molecule has 0 bridgehead atoms. The number of nitrogens with zero attached hydrogens (tertiary/aromatic N) is 1. The molecule has 0 atom stereocenters. The van der Waals surface area contributed by atoms with Crippen LogP contribution in [0.1, 0.15) is 30.1 Å². The summed E-state index contributed by atoms with van der Waals surface area (Å²) >= 11 is 0. The van der Waals surface area contributed by atoms with Gasteiger partial charge in [-0.05, 0) is 30.2 Å². The molecule has 0 saturated heterocycles. The monoisotopic (exact) mass is 271 g/mol. The Morgan fingerprint density at radius 1 is 1.30 bits per heavy atom. The smallest absolute Gasteiger partial charge is 0.339 e. The number of rotatable bonds is 6. The molecule has 0 aliphatic rings. The van der Waals surface area contributed by atoms with E-state index in [1.54, 1.807) is 30.6 Å². The van der Waals surface area contributed by atoms with Gasteiger partial charge >= 0.3 is 5.97 Å². The van der Waals surface area contributed by atoms with E-state index in [9.17, 15) is 9.90 Å². The molecule has 1 N–H and O–H groups in total. The van der Waals surface area contributed by atoms with Crippen LogP contribution in [0.2, 0.25) is 0 Å². The van der Waals surface area contributed by atoms with Crippen LogP contribution in [0.25, 0.3) is 11.1 Å². The van der Waals surface area contributed by atoms with Crippen molar-refractivity contribution in [1.29, 1.82) is 0 Å². The number of hydrogen-bond donors (Lipinski definition) is 1. The van der Waals surface area contributed by atoms with Gasteiger partial charge in [-0.25, -0.2) is 4.79 Å². The molecular weight excluding hydrogens is 254 g/mol. The number of carboxylic acids is 1. The third-order valence-corrected chi connectivity index (χ3v) is 2.96. The topological polar surface area (TPSA) is 59.4 Å². The molecular formula is C16H17NO3. The molecule has 1 aromatic heterocycles. The maximum absolute atomic E-state index is 11.2. The van der Waals surface area contributed by atoms with E-state index in [0.717, 1.165) is 24.0 Å². The standard InChI is InChI=1S/C16H17NO3/c1-2-3-9-20-15-10-12(6-7-14(15)16(18)19)13-5-4-8-17-11-13/h4-8,10-11H,2-3,9H2,1H3,(H,18,19). The van der Waals surface area contributed by atoms with Gasteiger partial charge in [0.1, 0.15) is 11.3 Å². The lowest BCUT2D eigenvalue weighted by Crippen LogP contribution is -2.04. The highest BCUT2D eigenvalue weighted by Gasteiger charge is 2.12. The lowest BCUT2D eigenvalue weighted by Gasteiger charge is -2.11. The predicted octanol–water partition coefficient (Wildman–Crippen LogP) is 3.63. The Morgan fingerprint density at radius 2 is 2.15 bits per heavy atom. The Labute approximate surface area is 118 Å². The third kappa shape index (κ3) is 3.35. The highest BCUT2D eigenvalue weighted by Crippen LogP contribution is 2.27. The molecule has 0 saturated carbocycles. The number of aromatic carboxylic acids is 1. The van der Waals surface area contributed by atoms with Crippen LogP contribution in [-0.4, -0.2) is 22.7 Å². The third-order valence-electron chi connectivity index (χ3n) is 2.96. The molecule has 0 aliphatic carbocycles. The van der Waals surface area contributed by atoms with E-state index in [1.807, 2.05) is 12.1 Å². The molecule has 0 radical (unpaired) electrons. The normalized spacial score (nSPS) is 10.2. The molecule has 0 fully saturated rings. The van der Waals surface area contributed by atoms with E-state index in [2.05, 4.69) is 11.9 Å². The summed E-state index contributed by atoms with van der Waals surface area (Å²) in [5, 5.41) is 9.19. The van der Waals surface area contributed by atoms with Gasteiger partial charge in [0.05, 0.1) is 6.61 Å². The highest BCUT2D eigenvalue weighted by molar-refractivity contribution is 5.92. The fourth-order valence-electron chi connectivity index (χ4n) is 1.86. The molecule has 0 aliphatic heterocycles. The Bertz CT molecular complexity index is 582. The quantitative estimate of drug-likeness (QED) is 0.815. The second kappa shape index (κ2) is 6.70. The van der Waals surface area contributed by atoms with Crippen LogP contribution in [0.4, 0.5) is 0 Å². The van der Waals surface area contributed by atoms with Gasteiger partial charge in [-0.15, -0.1) is 0 Å². The SMILES string of the molecule is CCCCOc1cc(-c2cccnc2)ccc1C(=O)O. The predicted molar refractivity (Wildman–Crippen MR) is 77.0 cm³/mol. The van der Waals surface area contributed by atoms with Crippen molar-refractivity contribution in [2.24, 2.45) is 0 Å². The number of pyridine rings is 1. The minimum atomic E-state index is -0.978. The van der Waals surface area contributed by atoms with Crippen molar-refractivity contribution in [3.63, 3.8) is 0 Å². The van der Waals surface area contributed by atoms with Crippen molar-refractivity contribution in [3.05, 3.63) is 48.3 Å². The van der Waals surface area contributed by atoms with Gasteiger partial charge in [0.25, 0.3) is 0 Å². The van der Waals surface area contributed by atoms with Gasteiger partial charge in [0.2, 0.25) is 0 Å². The lowest BCUT2D eigenvalue weighted by molar-refractivity contribution is 0.0692. The van der Waals surface area contributed by atoms with Crippen LogP contribution in [0.5, 0.6) is 5.75 Å². The average Bonchev–Trinajstić information content (AvgIpc) is 2.48. The lowest BCUT2D eigenvalue weighted by atomic mass is 10.0. The summed E-state index contributed by atoms with van der Waals surface area (Å²) < 4.78 is 5.60. The van der Waals surface area contributed by atoms with Crippen LogP contribution in [0.15, 0.2) is 42.7 Å². The molecule has 0 amide bonds. The van der Waals surface area contributed by atoms with Crippen molar-refractivity contribution in [1.82, 2.24) is 4.98 Å². The van der Waals surface area contributed by atoms with Crippen LogP contribution >= 0.6 is 0 Å². The number of carbonyl (C=O) groups is 1. The van der Waals surface area contributed by atoms with Crippen LogP contribution in [-0.2, 0) is 0 Å². The van der Waals surface area contributed by atoms with E-state index in [4.69, 9.17) is 4.74 Å². The molecule has 2 aromatic rings. The van der Waals surface area contributed by atoms with Crippen molar-refractivity contribution in [2.45, 2.75) is 19.8 Å². The summed E-state index contributed by atoms with van der Waals surface area (Å²) in [4.78, 5) is 15.3. The number of aromatic nitrogens is 1. The maximum atomic E-state index is 11.2. The molecule has 2 rings (SSSR count). The molecule has 1 aromatic carbocycles. The molecule has 20 heavy (non-hydrogen) atoms. The average molecular weight is 271 g/mol. The second-order valence-corrected chi connectivity index (χ2v) is 4.46. The summed E-state index contributed by atoms with van der Waals surface area (Å²) in [5.74, 6) is -0.568.